The summed E-state index contributed by atoms with van der Waals surface area (Å²) in [5, 5.41) is 10.6. The normalized spacial score (nSPS) is 40.4. The van der Waals surface area contributed by atoms with E-state index in [0.717, 1.165) is 81.0 Å². The van der Waals surface area contributed by atoms with Crippen LogP contribution in [-0.2, 0) is 38.1 Å². The van der Waals surface area contributed by atoms with Gasteiger partial charge in [0.25, 0.3) is 0 Å². The smallest absolute Gasteiger partial charge is 0.312 e. The molecule has 8 bridgehead atoms. The Morgan fingerprint density at radius 1 is 0.709 bits per heavy atom. The third kappa shape index (κ3) is 8.26. The second kappa shape index (κ2) is 15.2. The van der Waals surface area contributed by atoms with Crippen molar-refractivity contribution in [3.05, 3.63) is 0 Å². The maximum absolute atomic E-state index is 12.7. The lowest BCUT2D eigenvalue weighted by molar-refractivity contribution is -0.225. The zero-order chi connectivity index (χ0) is 40.4. The van der Waals surface area contributed by atoms with Gasteiger partial charge < -0.3 is 24.1 Å². The van der Waals surface area contributed by atoms with Crippen LogP contribution < -0.4 is 0 Å². The van der Waals surface area contributed by atoms with Crippen LogP contribution in [0.4, 0.5) is 0 Å². The minimum atomic E-state index is -0.555. The molecule has 0 spiro atoms. The highest BCUT2D eigenvalue weighted by molar-refractivity contribution is 5.78. The van der Waals surface area contributed by atoms with E-state index in [1.54, 1.807) is 0 Å². The van der Waals surface area contributed by atoms with E-state index in [1.165, 1.54) is 32.1 Å². The molecule has 0 radical (unpaired) electrons. The van der Waals surface area contributed by atoms with Gasteiger partial charge in [0, 0.05) is 12.3 Å². The molecule has 8 saturated carbocycles. The Balaban J connectivity index is 0.000000144. The first-order valence-corrected chi connectivity index (χ1v) is 22.2. The summed E-state index contributed by atoms with van der Waals surface area (Å²) < 4.78 is 22.1. The molecule has 0 amide bonds. The molecule has 1 N–H and O–H groups in total. The topological polar surface area (TPSA) is 125 Å². The molecular formula is C46H74O9. The molecule has 10 unspecified atom stereocenters. The van der Waals surface area contributed by atoms with Gasteiger partial charge in [-0.05, 0) is 173 Å². The van der Waals surface area contributed by atoms with Crippen molar-refractivity contribution < 1.29 is 43.2 Å². The van der Waals surface area contributed by atoms with Gasteiger partial charge in [0.15, 0.2) is 0 Å². The molecular weight excluding hydrogens is 696 g/mol. The number of rotatable bonds is 10. The Kier molecular flexibility index (Phi) is 11.7. The lowest BCUT2D eigenvalue weighted by Gasteiger charge is -2.59. The molecule has 1 aliphatic heterocycles. The Morgan fingerprint density at radius 3 is 1.76 bits per heavy atom. The predicted octanol–water partition coefficient (Wildman–Crippen LogP) is 9.15. The second-order valence-electron chi connectivity index (χ2n) is 21.5. The van der Waals surface area contributed by atoms with Crippen LogP contribution in [0, 0.1) is 63.6 Å². The van der Waals surface area contributed by atoms with Crippen LogP contribution >= 0.6 is 0 Å². The number of esters is 4. The number of cyclic esters (lactones) is 1. The Bertz CT molecular complexity index is 1450. The number of fused-ring (bicyclic) bond motifs is 9. The summed E-state index contributed by atoms with van der Waals surface area (Å²) in [5.74, 6) is 5.88. The molecule has 1 heterocycles. The van der Waals surface area contributed by atoms with Gasteiger partial charge in [0.05, 0.1) is 28.3 Å². The molecule has 0 aromatic heterocycles. The maximum atomic E-state index is 12.7. The highest BCUT2D eigenvalue weighted by Crippen LogP contribution is 2.71. The Morgan fingerprint density at radius 2 is 1.25 bits per heavy atom. The average Bonchev–Trinajstić information content (AvgIpc) is 3.95. The van der Waals surface area contributed by atoms with Crippen LogP contribution in [0.1, 0.15) is 172 Å². The van der Waals surface area contributed by atoms with Crippen molar-refractivity contribution >= 4 is 23.9 Å². The highest BCUT2D eigenvalue weighted by atomic mass is 16.6. The zero-order valence-corrected chi connectivity index (χ0v) is 35.9. The molecule has 9 nitrogen and oxygen atoms in total. The fourth-order valence-corrected chi connectivity index (χ4v) is 12.5. The minimum absolute atomic E-state index is 0.0455. The van der Waals surface area contributed by atoms with Crippen LogP contribution in [-0.4, -0.2) is 58.5 Å². The molecule has 0 aromatic carbocycles. The van der Waals surface area contributed by atoms with E-state index in [-0.39, 0.29) is 59.6 Å². The first-order chi connectivity index (χ1) is 25.6. The van der Waals surface area contributed by atoms with Crippen LogP contribution in [0.3, 0.4) is 0 Å². The lowest BCUT2D eigenvalue weighted by Crippen LogP contribution is -2.61. The van der Waals surface area contributed by atoms with Crippen molar-refractivity contribution in [3.8, 4) is 0 Å². The number of hydrogen-bond acceptors (Lipinski definition) is 9. The van der Waals surface area contributed by atoms with Gasteiger partial charge in [-0.25, -0.2) is 0 Å². The summed E-state index contributed by atoms with van der Waals surface area (Å²) >= 11 is 0. The molecule has 9 aliphatic rings. The number of carbonyl (C=O) groups excluding carboxylic acids is 4. The van der Waals surface area contributed by atoms with E-state index in [9.17, 15) is 24.3 Å². The van der Waals surface area contributed by atoms with Crippen LogP contribution in [0.5, 0.6) is 0 Å². The summed E-state index contributed by atoms with van der Waals surface area (Å²) in [6.07, 6.45) is 15.7. The minimum Gasteiger partial charge on any atom is -0.462 e. The van der Waals surface area contributed by atoms with Crippen molar-refractivity contribution in [2.75, 3.05) is 6.61 Å². The number of carbonyl (C=O) groups is 4. The van der Waals surface area contributed by atoms with Crippen LogP contribution in [0.15, 0.2) is 0 Å². The van der Waals surface area contributed by atoms with E-state index in [4.69, 9.17) is 18.9 Å². The number of aliphatic hydroxyl groups is 1. The molecule has 55 heavy (non-hydrogen) atoms. The summed E-state index contributed by atoms with van der Waals surface area (Å²) in [6, 6.07) is 0. The van der Waals surface area contributed by atoms with Gasteiger partial charge in [0.2, 0.25) is 0 Å². The van der Waals surface area contributed by atoms with E-state index < -0.39 is 16.4 Å². The Labute approximate surface area is 331 Å². The first-order valence-electron chi connectivity index (χ1n) is 22.2. The van der Waals surface area contributed by atoms with E-state index in [0.29, 0.717) is 30.6 Å². The molecule has 9 fully saturated rings. The summed E-state index contributed by atoms with van der Waals surface area (Å²) in [7, 11) is 0. The monoisotopic (exact) mass is 771 g/mol. The molecule has 0 aromatic rings. The van der Waals surface area contributed by atoms with Gasteiger partial charge in [-0.15, -0.1) is 0 Å². The average molecular weight is 771 g/mol. The standard InChI is InChI=1S/C20H32O2.C16H26O3.C10H16O4/c1-5-19(3,4)18(21)22-20(6-2)11-14-10-15(20)17-13-8-7-12(9-13)16(14)17;1-4-14(2,3)13(17)19-16-8-11-5-12(9-16)7-15(18,6-11)10-16;1-4-10(2,3)9(12)14-7-5-8(11)13-6-7/h12-17H,5-11H2,1-4H3;11-12,18H,4-10H2,1-3H3;7H,4-6H2,1-3H3. The third-order valence-corrected chi connectivity index (χ3v) is 16.5. The summed E-state index contributed by atoms with van der Waals surface area (Å²) in [5.41, 5.74) is -2.27. The number of ether oxygens (including phenoxy) is 4. The van der Waals surface area contributed by atoms with Gasteiger partial charge in [-0.3, -0.25) is 19.2 Å². The summed E-state index contributed by atoms with van der Waals surface area (Å²) in [4.78, 5) is 47.4. The van der Waals surface area contributed by atoms with Crippen molar-refractivity contribution in [1.82, 2.24) is 0 Å². The van der Waals surface area contributed by atoms with Crippen molar-refractivity contribution in [2.24, 2.45) is 63.6 Å². The number of hydrogen-bond donors (Lipinski definition) is 1. The van der Waals surface area contributed by atoms with Crippen LogP contribution in [0.2, 0.25) is 0 Å². The lowest BCUT2D eigenvalue weighted by atomic mass is 9.52. The maximum Gasteiger partial charge on any atom is 0.312 e. The van der Waals surface area contributed by atoms with E-state index in [1.807, 2.05) is 55.4 Å². The highest BCUT2D eigenvalue weighted by Gasteiger charge is 2.68. The van der Waals surface area contributed by atoms with Gasteiger partial charge >= 0.3 is 23.9 Å². The SMILES string of the molecule is CCC(C)(C)C(=O)OC1(CC)CC2CC1C1C3CCC(C3)C21.CCC(C)(C)C(=O)OC12CC3CC(CC(O)(C3)C1)C2.CCC(C)(C)C(=O)OC1COC(=O)C1. The molecule has 8 aliphatic carbocycles. The Hall–Kier alpha value is -2.16. The fraction of sp³-hybridized carbons (Fsp3) is 0.913. The van der Waals surface area contributed by atoms with Gasteiger partial charge in [-0.2, -0.15) is 0 Å². The first kappa shape index (κ1) is 42.4. The predicted molar refractivity (Wildman–Crippen MR) is 209 cm³/mol. The van der Waals surface area contributed by atoms with Crippen molar-refractivity contribution in [1.29, 1.82) is 0 Å². The summed E-state index contributed by atoms with van der Waals surface area (Å²) in [6.45, 7) is 20.1. The third-order valence-electron chi connectivity index (χ3n) is 16.5. The fourth-order valence-electron chi connectivity index (χ4n) is 12.5. The van der Waals surface area contributed by atoms with Gasteiger partial charge in [-0.1, -0.05) is 27.7 Å². The molecule has 10 atom stereocenters. The van der Waals surface area contributed by atoms with E-state index in [2.05, 4.69) is 13.8 Å². The second-order valence-corrected chi connectivity index (χ2v) is 21.5. The molecule has 312 valence electrons. The van der Waals surface area contributed by atoms with Crippen molar-refractivity contribution in [2.45, 2.75) is 195 Å². The molecule has 9 heteroatoms. The quantitative estimate of drug-likeness (QED) is 0.132. The molecule has 1 saturated heterocycles. The van der Waals surface area contributed by atoms with E-state index >= 15 is 0 Å². The van der Waals surface area contributed by atoms with Gasteiger partial charge in [0.1, 0.15) is 23.9 Å². The largest absolute Gasteiger partial charge is 0.462 e. The van der Waals surface area contributed by atoms with Crippen LogP contribution in [0.25, 0.3) is 0 Å². The van der Waals surface area contributed by atoms with Crippen molar-refractivity contribution in [3.63, 3.8) is 0 Å². The molecule has 9 rings (SSSR count). The zero-order valence-electron chi connectivity index (χ0n) is 35.9.